The van der Waals surface area contributed by atoms with Crippen LogP contribution in [-0.2, 0) is 23.2 Å². The Labute approximate surface area is 179 Å². The largest absolute Gasteiger partial charge is 0.497 e. The quantitative estimate of drug-likeness (QED) is 0.465. The van der Waals surface area contributed by atoms with Gasteiger partial charge in [-0.15, -0.1) is 11.3 Å². The van der Waals surface area contributed by atoms with Gasteiger partial charge < -0.3 is 4.74 Å². The van der Waals surface area contributed by atoms with Crippen LogP contribution >= 0.6 is 11.3 Å². The van der Waals surface area contributed by atoms with E-state index in [0.717, 1.165) is 22.1 Å². The molecule has 0 spiro atoms. The van der Waals surface area contributed by atoms with E-state index in [4.69, 9.17) is 4.74 Å². The van der Waals surface area contributed by atoms with E-state index in [2.05, 4.69) is 14.8 Å². The number of sulfonamides is 1. The minimum Gasteiger partial charge on any atom is -0.497 e. The molecule has 0 amide bonds. The van der Waals surface area contributed by atoms with Crippen LogP contribution in [0.5, 0.6) is 5.75 Å². The predicted molar refractivity (Wildman–Crippen MR) is 111 cm³/mol. The molecule has 4 rings (SSSR count). The second-order valence-corrected chi connectivity index (χ2v) is 9.50. The second kappa shape index (κ2) is 7.54. The number of nitrogens with zero attached hydrogens (tertiary/aromatic N) is 3. The maximum absolute atomic E-state index is 13.0. The summed E-state index contributed by atoms with van der Waals surface area (Å²) >= 11 is 0.815. The van der Waals surface area contributed by atoms with Gasteiger partial charge in [-0.05, 0) is 30.3 Å². The molecule has 1 N–H and O–H groups in total. The van der Waals surface area contributed by atoms with E-state index in [-0.39, 0.29) is 15.6 Å². The van der Waals surface area contributed by atoms with Crippen molar-refractivity contribution in [1.82, 2.24) is 14.8 Å². The van der Waals surface area contributed by atoms with Crippen LogP contribution in [0.25, 0.3) is 21.5 Å². The van der Waals surface area contributed by atoms with Crippen LogP contribution in [0, 0.1) is 0 Å². The smallest absolute Gasteiger partial charge is 0.433 e. The van der Waals surface area contributed by atoms with Crippen molar-refractivity contribution in [1.29, 1.82) is 0 Å². The predicted octanol–water partition coefficient (Wildman–Crippen LogP) is 4.53. The summed E-state index contributed by atoms with van der Waals surface area (Å²) in [6.45, 7) is 0. The molecule has 0 fully saturated rings. The Morgan fingerprint density at radius 1 is 1.16 bits per heavy atom. The fourth-order valence-corrected chi connectivity index (χ4v) is 5.33. The zero-order chi connectivity index (χ0) is 22.4. The van der Waals surface area contributed by atoms with Gasteiger partial charge in [-0.2, -0.15) is 18.3 Å². The summed E-state index contributed by atoms with van der Waals surface area (Å²) < 4.78 is 73.3. The fourth-order valence-electron chi connectivity index (χ4n) is 3.01. The monoisotopic (exact) mass is 468 g/mol. The van der Waals surface area contributed by atoms with Gasteiger partial charge in [0.15, 0.2) is 0 Å². The van der Waals surface area contributed by atoms with Crippen molar-refractivity contribution >= 4 is 38.0 Å². The van der Waals surface area contributed by atoms with Gasteiger partial charge in [0.2, 0.25) is 0 Å². The maximum Gasteiger partial charge on any atom is 0.433 e. The van der Waals surface area contributed by atoms with Gasteiger partial charge in [-0.25, -0.2) is 8.42 Å². The standard InChI is InChI=1S/C19H15F3N4O3S2/c1-26-16(19(20,21)22)10-13(24-26)15-5-6-17(30-15)31(27,28)25-14-9-12(29-2)8-11-4-3-7-23-18(11)14/h3-10,25H,1-2H3. The number of rotatable bonds is 5. The van der Waals surface area contributed by atoms with E-state index in [1.807, 2.05) is 0 Å². The van der Waals surface area contributed by atoms with E-state index < -0.39 is 21.9 Å². The molecule has 0 saturated carbocycles. The van der Waals surface area contributed by atoms with Crippen molar-refractivity contribution in [3.63, 3.8) is 0 Å². The summed E-state index contributed by atoms with van der Waals surface area (Å²) in [5, 5.41) is 4.54. The van der Waals surface area contributed by atoms with E-state index in [1.54, 1.807) is 18.2 Å². The molecule has 3 aromatic heterocycles. The van der Waals surface area contributed by atoms with Crippen LogP contribution in [-0.4, -0.2) is 30.3 Å². The lowest BCUT2D eigenvalue weighted by molar-refractivity contribution is -0.143. The third-order valence-electron chi connectivity index (χ3n) is 4.43. The first-order chi connectivity index (χ1) is 14.6. The van der Waals surface area contributed by atoms with E-state index in [9.17, 15) is 21.6 Å². The van der Waals surface area contributed by atoms with Crippen LogP contribution in [0.3, 0.4) is 0 Å². The first-order valence-electron chi connectivity index (χ1n) is 8.75. The number of ether oxygens (including phenoxy) is 1. The number of nitrogens with one attached hydrogen (secondary N) is 1. The fraction of sp³-hybridized carbons (Fsp3) is 0.158. The molecule has 12 heteroatoms. The molecule has 7 nitrogen and oxygen atoms in total. The van der Waals surface area contributed by atoms with Crippen LogP contribution < -0.4 is 9.46 Å². The van der Waals surface area contributed by atoms with Crippen molar-refractivity contribution in [3.8, 4) is 16.3 Å². The zero-order valence-corrected chi connectivity index (χ0v) is 17.8. The summed E-state index contributed by atoms with van der Waals surface area (Å²) in [5.74, 6) is 0.443. The Morgan fingerprint density at radius 2 is 1.94 bits per heavy atom. The van der Waals surface area contributed by atoms with Crippen molar-refractivity contribution in [3.05, 3.63) is 54.4 Å². The molecule has 0 aliphatic heterocycles. The molecule has 0 bridgehead atoms. The number of pyridine rings is 1. The normalized spacial score (nSPS) is 12.3. The lowest BCUT2D eigenvalue weighted by Crippen LogP contribution is -2.12. The summed E-state index contributed by atoms with van der Waals surface area (Å²) in [6, 6.07) is 10.3. The van der Waals surface area contributed by atoms with Crippen molar-refractivity contribution in [2.75, 3.05) is 11.8 Å². The lowest BCUT2D eigenvalue weighted by Gasteiger charge is -2.11. The number of hydrogen-bond acceptors (Lipinski definition) is 6. The minimum absolute atomic E-state index is 0.0368. The third-order valence-corrected chi connectivity index (χ3v) is 7.39. The van der Waals surface area contributed by atoms with Crippen LogP contribution in [0.2, 0.25) is 0 Å². The van der Waals surface area contributed by atoms with Crippen LogP contribution in [0.4, 0.5) is 18.9 Å². The number of thiophene rings is 1. The molecular formula is C19H15F3N4O3S2. The Balaban J connectivity index is 1.69. The van der Waals surface area contributed by atoms with Gasteiger partial charge in [-0.1, -0.05) is 6.07 Å². The number of alkyl halides is 3. The first-order valence-corrected chi connectivity index (χ1v) is 11.1. The number of aryl methyl sites for hydroxylation is 1. The first kappa shape index (κ1) is 21.1. The van der Waals surface area contributed by atoms with Crippen molar-refractivity contribution < 1.29 is 26.3 Å². The van der Waals surface area contributed by atoms with E-state index >= 15 is 0 Å². The molecule has 4 aromatic rings. The lowest BCUT2D eigenvalue weighted by atomic mass is 10.2. The summed E-state index contributed by atoms with van der Waals surface area (Å²) in [4.78, 5) is 4.52. The topological polar surface area (TPSA) is 86.1 Å². The molecule has 0 unspecified atom stereocenters. The van der Waals surface area contributed by atoms with Crippen LogP contribution in [0.15, 0.2) is 52.9 Å². The Bertz CT molecular complexity index is 1380. The number of aromatic nitrogens is 3. The molecule has 1 aromatic carbocycles. The summed E-state index contributed by atoms with van der Waals surface area (Å²) in [7, 11) is -1.39. The molecule has 0 radical (unpaired) electrons. The average Bonchev–Trinajstić information content (AvgIpc) is 3.34. The Hall–Kier alpha value is -3.12. The van der Waals surface area contributed by atoms with E-state index in [1.165, 1.54) is 38.6 Å². The average molecular weight is 468 g/mol. The second-order valence-electron chi connectivity index (χ2n) is 6.51. The maximum atomic E-state index is 13.0. The molecule has 0 aliphatic rings. The zero-order valence-electron chi connectivity index (χ0n) is 16.1. The number of fused-ring (bicyclic) bond motifs is 1. The number of hydrogen-bond donors (Lipinski definition) is 1. The Morgan fingerprint density at radius 3 is 2.61 bits per heavy atom. The third kappa shape index (κ3) is 4.08. The highest BCUT2D eigenvalue weighted by atomic mass is 32.2. The number of benzene rings is 1. The van der Waals surface area contributed by atoms with Gasteiger partial charge in [0.05, 0.1) is 23.2 Å². The molecule has 162 valence electrons. The minimum atomic E-state index is -4.56. The molecule has 31 heavy (non-hydrogen) atoms. The van der Waals surface area contributed by atoms with Gasteiger partial charge in [0.1, 0.15) is 21.3 Å². The summed E-state index contributed by atoms with van der Waals surface area (Å²) in [5.41, 5.74) is -0.229. The highest BCUT2D eigenvalue weighted by molar-refractivity contribution is 7.94. The van der Waals surface area contributed by atoms with Gasteiger partial charge in [0.25, 0.3) is 10.0 Å². The summed E-state index contributed by atoms with van der Waals surface area (Å²) in [6.07, 6.45) is -3.02. The highest BCUT2D eigenvalue weighted by Crippen LogP contribution is 2.36. The molecule has 0 atom stereocenters. The molecule has 0 saturated heterocycles. The van der Waals surface area contributed by atoms with Crippen molar-refractivity contribution in [2.24, 2.45) is 7.05 Å². The number of methoxy groups -OCH3 is 1. The number of halogens is 3. The number of anilines is 1. The van der Waals surface area contributed by atoms with Crippen LogP contribution in [0.1, 0.15) is 5.69 Å². The van der Waals surface area contributed by atoms with Gasteiger partial charge in [0, 0.05) is 24.7 Å². The van der Waals surface area contributed by atoms with E-state index in [0.29, 0.717) is 21.5 Å². The Kier molecular flexibility index (Phi) is 5.13. The molecule has 0 aliphatic carbocycles. The molecule has 3 heterocycles. The van der Waals surface area contributed by atoms with Gasteiger partial charge in [-0.3, -0.25) is 14.4 Å². The van der Waals surface area contributed by atoms with Crippen molar-refractivity contribution in [2.45, 2.75) is 10.4 Å². The molecular weight excluding hydrogens is 453 g/mol. The SMILES string of the molecule is COc1cc(NS(=O)(=O)c2ccc(-c3cc(C(F)(F)F)n(C)n3)s2)c2ncccc2c1. The van der Waals surface area contributed by atoms with Gasteiger partial charge >= 0.3 is 6.18 Å². The highest BCUT2D eigenvalue weighted by Gasteiger charge is 2.35.